The van der Waals surface area contributed by atoms with Gasteiger partial charge >= 0.3 is 11.2 Å². The maximum absolute atomic E-state index is 13.1. The number of ether oxygens (including phenoxy) is 2. The highest BCUT2D eigenvalue weighted by Crippen LogP contribution is 2.30. The number of carbonyl (C=O) groups is 1. The lowest BCUT2D eigenvalue weighted by Gasteiger charge is -2.23. The summed E-state index contributed by atoms with van der Waals surface area (Å²) in [6.07, 6.45) is -3.47. The minimum absolute atomic E-state index is 0.359. The molecule has 1 unspecified atom stereocenters. The minimum Gasteiger partial charge on any atom is -0.743 e. The van der Waals surface area contributed by atoms with Crippen molar-refractivity contribution < 1.29 is 40.4 Å². The van der Waals surface area contributed by atoms with Crippen molar-refractivity contribution in [2.75, 3.05) is 13.2 Å². The van der Waals surface area contributed by atoms with Crippen LogP contribution in [0, 0.1) is 10.7 Å². The number of halogens is 6. The Morgan fingerprint density at radius 3 is 2.21 bits per heavy atom. The number of hydrogen-bond donors (Lipinski definition) is 0. The molecule has 0 saturated carbocycles. The summed E-state index contributed by atoms with van der Waals surface area (Å²) in [6.45, 7) is -2.29. The fourth-order valence-electron chi connectivity index (χ4n) is 1.26. The van der Waals surface area contributed by atoms with Crippen LogP contribution in [0.3, 0.4) is 0 Å². The van der Waals surface area contributed by atoms with Crippen molar-refractivity contribution in [2.45, 2.75) is 11.4 Å². The molecule has 1 atom stereocenters. The van der Waals surface area contributed by atoms with E-state index in [1.807, 2.05) is 45.2 Å². The van der Waals surface area contributed by atoms with E-state index in [9.17, 15) is 30.9 Å². The molecular weight excluding hydrogens is 698 g/mol. The minimum atomic E-state index is -6.20. The molecule has 0 N–H and O–H groups in total. The normalized spacial score (nSPS) is 13.5. The molecule has 0 bridgehead atoms. The molecule has 0 fully saturated rings. The zero-order valence-corrected chi connectivity index (χ0v) is 18.6. The molecule has 0 aliphatic carbocycles. The van der Waals surface area contributed by atoms with Gasteiger partial charge in [-0.25, -0.2) is 17.6 Å². The molecule has 0 amide bonds. The molecule has 0 spiro atoms. The first-order chi connectivity index (χ1) is 10.9. The number of rotatable bonds is 7. The molecule has 136 valence electrons. The van der Waals surface area contributed by atoms with Crippen LogP contribution in [0.15, 0.2) is 12.1 Å². The van der Waals surface area contributed by atoms with Crippen LogP contribution < -0.4 is 4.74 Å². The third-order valence-corrected chi connectivity index (χ3v) is 5.53. The Labute approximate surface area is 176 Å². The molecule has 0 aliphatic heterocycles. The van der Waals surface area contributed by atoms with Gasteiger partial charge in [-0.1, -0.05) is 0 Å². The third-order valence-electron chi connectivity index (χ3n) is 2.39. The Kier molecular flexibility index (Phi) is 8.27. The van der Waals surface area contributed by atoms with Crippen molar-refractivity contribution in [3.8, 4) is 5.75 Å². The lowest BCUT2D eigenvalue weighted by molar-refractivity contribution is -0.150. The predicted octanol–water partition coefficient (Wildman–Crippen LogP) is 2.90. The molecule has 0 aromatic heterocycles. The molecule has 13 heteroatoms. The second-order valence-electron chi connectivity index (χ2n) is 4.15. The SMILES string of the molecule is O=C(COc1c(I)cc(I)cc1I)OCC(F)C(F)(F)S(=O)(=O)[O-]. The summed E-state index contributed by atoms with van der Waals surface area (Å²) < 4.78 is 81.2. The van der Waals surface area contributed by atoms with E-state index in [4.69, 9.17) is 4.74 Å². The average molecular weight is 705 g/mol. The summed E-state index contributed by atoms with van der Waals surface area (Å²) in [7, 11) is -6.20. The highest BCUT2D eigenvalue weighted by atomic mass is 127. The second kappa shape index (κ2) is 8.85. The van der Waals surface area contributed by atoms with Gasteiger partial charge in [-0.3, -0.25) is 0 Å². The first kappa shape index (κ1) is 22.4. The summed E-state index contributed by atoms with van der Waals surface area (Å²) in [4.78, 5) is 11.4. The van der Waals surface area contributed by atoms with Gasteiger partial charge in [0.1, 0.15) is 12.4 Å². The van der Waals surface area contributed by atoms with E-state index in [0.29, 0.717) is 12.9 Å². The Hall–Kier alpha value is 0.380. The van der Waals surface area contributed by atoms with E-state index in [1.54, 1.807) is 12.1 Å². The van der Waals surface area contributed by atoms with Crippen LogP contribution in [-0.4, -0.2) is 43.6 Å². The van der Waals surface area contributed by atoms with Crippen LogP contribution in [0.4, 0.5) is 13.2 Å². The van der Waals surface area contributed by atoms with Crippen LogP contribution in [0.2, 0.25) is 0 Å². The van der Waals surface area contributed by atoms with Gasteiger partial charge in [-0.15, -0.1) is 0 Å². The zero-order chi connectivity index (χ0) is 18.7. The molecule has 0 heterocycles. The van der Waals surface area contributed by atoms with Crippen LogP contribution in [0.25, 0.3) is 0 Å². The lowest BCUT2D eigenvalue weighted by atomic mass is 10.3. The Bertz CT molecular complexity index is 705. The highest BCUT2D eigenvalue weighted by Gasteiger charge is 2.48. The van der Waals surface area contributed by atoms with Crippen LogP contribution >= 0.6 is 67.8 Å². The number of carbonyl (C=O) groups excluding carboxylic acids is 1. The van der Waals surface area contributed by atoms with Gasteiger partial charge in [0.05, 0.1) is 7.14 Å². The molecule has 0 aliphatic rings. The second-order valence-corrected chi connectivity index (χ2v) is 9.18. The van der Waals surface area contributed by atoms with Crippen molar-refractivity contribution in [1.29, 1.82) is 0 Å². The van der Waals surface area contributed by atoms with E-state index < -0.39 is 40.7 Å². The van der Waals surface area contributed by atoms with Gasteiger partial charge in [-0.05, 0) is 79.9 Å². The molecule has 1 aromatic rings. The van der Waals surface area contributed by atoms with Crippen molar-refractivity contribution in [3.63, 3.8) is 0 Å². The van der Waals surface area contributed by atoms with Gasteiger partial charge in [-0.2, -0.15) is 8.78 Å². The average Bonchev–Trinajstić information content (AvgIpc) is 2.42. The van der Waals surface area contributed by atoms with Crippen molar-refractivity contribution in [1.82, 2.24) is 0 Å². The highest BCUT2D eigenvalue weighted by molar-refractivity contribution is 14.1. The van der Waals surface area contributed by atoms with Gasteiger partial charge in [0, 0.05) is 3.57 Å². The molecule has 0 radical (unpaired) electrons. The summed E-state index contributed by atoms with van der Waals surface area (Å²) in [5.41, 5.74) is 0. The largest absolute Gasteiger partial charge is 0.743 e. The van der Waals surface area contributed by atoms with E-state index in [1.165, 1.54) is 0 Å². The zero-order valence-electron chi connectivity index (χ0n) is 11.3. The smallest absolute Gasteiger partial charge is 0.368 e. The maximum Gasteiger partial charge on any atom is 0.368 e. The third kappa shape index (κ3) is 5.97. The Balaban J connectivity index is 2.60. The van der Waals surface area contributed by atoms with Crippen molar-refractivity contribution in [3.05, 3.63) is 22.8 Å². The summed E-state index contributed by atoms with van der Waals surface area (Å²) >= 11 is 6.00. The topological polar surface area (TPSA) is 92.7 Å². The Morgan fingerprint density at radius 2 is 1.75 bits per heavy atom. The molecule has 1 rings (SSSR count). The molecule has 0 saturated heterocycles. The lowest BCUT2D eigenvalue weighted by Crippen LogP contribution is -2.41. The van der Waals surface area contributed by atoms with Gasteiger partial charge in [0.25, 0.3) is 0 Å². The molecular formula is C11H7F3I3O6S-. The van der Waals surface area contributed by atoms with Crippen LogP contribution in [-0.2, 0) is 19.6 Å². The molecule has 24 heavy (non-hydrogen) atoms. The number of esters is 1. The summed E-state index contributed by atoms with van der Waals surface area (Å²) in [5, 5.41) is -5.19. The fourth-order valence-corrected chi connectivity index (χ4v) is 5.53. The number of benzene rings is 1. The Morgan fingerprint density at radius 1 is 1.25 bits per heavy atom. The molecule has 6 nitrogen and oxygen atoms in total. The predicted molar refractivity (Wildman–Crippen MR) is 101 cm³/mol. The van der Waals surface area contributed by atoms with E-state index in [-0.39, 0.29) is 0 Å². The first-order valence-electron chi connectivity index (χ1n) is 5.76. The fraction of sp³-hybridized carbons (Fsp3) is 0.364. The van der Waals surface area contributed by atoms with E-state index in [2.05, 4.69) is 27.3 Å². The number of hydrogen-bond acceptors (Lipinski definition) is 6. The first-order valence-corrected chi connectivity index (χ1v) is 10.4. The monoisotopic (exact) mass is 705 g/mol. The van der Waals surface area contributed by atoms with Gasteiger partial charge in [0.15, 0.2) is 16.7 Å². The molecule has 1 aromatic carbocycles. The van der Waals surface area contributed by atoms with Crippen molar-refractivity contribution >= 4 is 83.9 Å². The maximum atomic E-state index is 13.1. The van der Waals surface area contributed by atoms with Crippen LogP contribution in [0.1, 0.15) is 0 Å². The van der Waals surface area contributed by atoms with Gasteiger partial charge in [0.2, 0.25) is 6.17 Å². The van der Waals surface area contributed by atoms with Gasteiger partial charge < -0.3 is 14.0 Å². The quantitative estimate of drug-likeness (QED) is 0.247. The summed E-state index contributed by atoms with van der Waals surface area (Å²) in [6, 6.07) is 3.53. The van der Waals surface area contributed by atoms with E-state index in [0.717, 1.165) is 3.57 Å². The van der Waals surface area contributed by atoms with E-state index >= 15 is 0 Å². The summed E-state index contributed by atoms with van der Waals surface area (Å²) in [5.74, 6) is -0.834. The standard InChI is InChI=1S/C11H8F3I3O6S/c12-8(11(13,14)24(19,20)21)3-22-9(18)4-23-10-6(16)1-5(15)2-7(10)17/h1-2,8H,3-4H2,(H,19,20,21)/p-1. The van der Waals surface area contributed by atoms with Crippen molar-refractivity contribution in [2.24, 2.45) is 0 Å². The van der Waals surface area contributed by atoms with Crippen LogP contribution in [0.5, 0.6) is 5.75 Å². The number of alkyl halides is 3.